The smallest absolute Gasteiger partial charge is 0.219 e. The molecule has 1 aliphatic rings. The molecule has 76 valence electrons. The molecule has 0 saturated carbocycles. The third-order valence-electron chi connectivity index (χ3n) is 2.62. The Balaban J connectivity index is 2.39. The molecule has 1 saturated heterocycles. The van der Waals surface area contributed by atoms with Crippen LogP contribution < -0.4 is 11.5 Å². The van der Waals surface area contributed by atoms with Crippen LogP contribution in [0.4, 0.5) is 0 Å². The van der Waals surface area contributed by atoms with Crippen LogP contribution in [-0.4, -0.2) is 36.5 Å². The van der Waals surface area contributed by atoms with E-state index >= 15 is 0 Å². The summed E-state index contributed by atoms with van der Waals surface area (Å²) in [6.45, 7) is 2.66. The third-order valence-corrected chi connectivity index (χ3v) is 2.62. The Morgan fingerprint density at radius 3 is 2.38 bits per heavy atom. The highest BCUT2D eigenvalue weighted by Crippen LogP contribution is 2.13. The highest BCUT2D eigenvalue weighted by molar-refractivity contribution is 5.74. The van der Waals surface area contributed by atoms with Crippen molar-refractivity contribution in [1.29, 1.82) is 0 Å². The number of amides is 1. The highest BCUT2D eigenvalue weighted by Gasteiger charge is 2.20. The van der Waals surface area contributed by atoms with Crippen molar-refractivity contribution in [1.82, 2.24) is 4.90 Å². The molecule has 4 nitrogen and oxygen atoms in total. The van der Waals surface area contributed by atoms with Crippen molar-refractivity contribution in [2.24, 2.45) is 11.5 Å². The third kappa shape index (κ3) is 3.32. The van der Waals surface area contributed by atoms with Crippen LogP contribution in [0.1, 0.15) is 25.7 Å². The minimum atomic E-state index is -0.249. The summed E-state index contributed by atoms with van der Waals surface area (Å²) in [7, 11) is 0. The second-order valence-electron chi connectivity index (χ2n) is 3.66. The zero-order valence-electron chi connectivity index (χ0n) is 8.04. The molecule has 1 unspecified atom stereocenters. The summed E-state index contributed by atoms with van der Waals surface area (Å²) in [5.74, 6) is -0.249. The number of nitrogens with two attached hydrogens (primary N) is 2. The fourth-order valence-corrected chi connectivity index (χ4v) is 1.88. The molecule has 4 N–H and O–H groups in total. The second-order valence-corrected chi connectivity index (χ2v) is 3.66. The molecule has 1 heterocycles. The van der Waals surface area contributed by atoms with E-state index in [2.05, 4.69) is 4.90 Å². The van der Waals surface area contributed by atoms with Gasteiger partial charge in [0.1, 0.15) is 0 Å². The van der Waals surface area contributed by atoms with Crippen LogP contribution in [0.3, 0.4) is 0 Å². The van der Waals surface area contributed by atoms with Gasteiger partial charge in [0.15, 0.2) is 0 Å². The van der Waals surface area contributed by atoms with Crippen molar-refractivity contribution in [3.05, 3.63) is 0 Å². The second kappa shape index (κ2) is 5.19. The Kier molecular flexibility index (Phi) is 4.18. The lowest BCUT2D eigenvalue weighted by molar-refractivity contribution is -0.119. The first-order valence-corrected chi connectivity index (χ1v) is 4.96. The van der Waals surface area contributed by atoms with E-state index in [-0.39, 0.29) is 11.9 Å². The number of hydrogen-bond donors (Lipinski definition) is 2. The lowest BCUT2D eigenvalue weighted by atomic mass is 10.1. The SMILES string of the molecule is NCC(CC(N)=O)N1CCCCC1. The van der Waals surface area contributed by atoms with Crippen LogP contribution in [0.5, 0.6) is 0 Å². The summed E-state index contributed by atoms with van der Waals surface area (Å²) in [6.07, 6.45) is 4.13. The zero-order chi connectivity index (χ0) is 9.68. The quantitative estimate of drug-likeness (QED) is 0.630. The number of hydrogen-bond acceptors (Lipinski definition) is 3. The minimum absolute atomic E-state index is 0.165. The van der Waals surface area contributed by atoms with Crippen LogP contribution >= 0.6 is 0 Å². The summed E-state index contributed by atoms with van der Waals surface area (Å²) in [5, 5.41) is 0. The van der Waals surface area contributed by atoms with E-state index in [0.717, 1.165) is 13.1 Å². The molecule has 1 aliphatic heterocycles. The average Bonchev–Trinajstić information content (AvgIpc) is 2.15. The number of rotatable bonds is 4. The molecule has 0 radical (unpaired) electrons. The van der Waals surface area contributed by atoms with Gasteiger partial charge in [-0.1, -0.05) is 6.42 Å². The number of carbonyl (C=O) groups excluding carboxylic acids is 1. The van der Waals surface area contributed by atoms with Crippen LogP contribution in [0.15, 0.2) is 0 Å². The molecule has 0 aromatic carbocycles. The Bertz CT molecular complexity index is 166. The van der Waals surface area contributed by atoms with Gasteiger partial charge in [-0.15, -0.1) is 0 Å². The van der Waals surface area contributed by atoms with Gasteiger partial charge in [0.25, 0.3) is 0 Å². The van der Waals surface area contributed by atoms with Gasteiger partial charge in [-0.2, -0.15) is 0 Å². The largest absolute Gasteiger partial charge is 0.370 e. The van der Waals surface area contributed by atoms with Gasteiger partial charge in [-0.05, 0) is 25.9 Å². The fourth-order valence-electron chi connectivity index (χ4n) is 1.88. The number of likely N-dealkylation sites (tertiary alicyclic amines) is 1. The summed E-state index contributed by atoms with van der Waals surface area (Å²) >= 11 is 0. The number of carbonyl (C=O) groups is 1. The summed E-state index contributed by atoms with van der Waals surface area (Å²) in [6, 6.07) is 0.165. The molecule has 0 aromatic heterocycles. The lowest BCUT2D eigenvalue weighted by Crippen LogP contribution is -2.45. The summed E-state index contributed by atoms with van der Waals surface area (Å²) in [5.41, 5.74) is 10.8. The van der Waals surface area contributed by atoms with Crippen molar-refractivity contribution >= 4 is 5.91 Å². The average molecular weight is 185 g/mol. The Morgan fingerprint density at radius 2 is 1.92 bits per heavy atom. The maximum Gasteiger partial charge on any atom is 0.219 e. The minimum Gasteiger partial charge on any atom is -0.370 e. The normalized spacial score (nSPS) is 21.3. The van der Waals surface area contributed by atoms with Crippen molar-refractivity contribution in [3.63, 3.8) is 0 Å². The maximum absolute atomic E-state index is 10.8. The van der Waals surface area contributed by atoms with E-state index < -0.39 is 0 Å². The summed E-state index contributed by atoms with van der Waals surface area (Å²) in [4.78, 5) is 13.0. The van der Waals surface area contributed by atoms with Gasteiger partial charge < -0.3 is 11.5 Å². The predicted molar refractivity (Wildman–Crippen MR) is 52.1 cm³/mol. The van der Waals surface area contributed by atoms with E-state index in [4.69, 9.17) is 11.5 Å². The highest BCUT2D eigenvalue weighted by atomic mass is 16.1. The van der Waals surface area contributed by atoms with Crippen LogP contribution in [0.25, 0.3) is 0 Å². The molecular weight excluding hydrogens is 166 g/mol. The molecular formula is C9H19N3O. The molecule has 0 bridgehead atoms. The van der Waals surface area contributed by atoms with Gasteiger partial charge in [0, 0.05) is 19.0 Å². The molecule has 1 rings (SSSR count). The van der Waals surface area contributed by atoms with Crippen LogP contribution in [-0.2, 0) is 4.79 Å². The first kappa shape index (κ1) is 10.5. The van der Waals surface area contributed by atoms with Crippen molar-refractivity contribution in [2.45, 2.75) is 31.7 Å². The van der Waals surface area contributed by atoms with Crippen molar-refractivity contribution in [3.8, 4) is 0 Å². The Morgan fingerprint density at radius 1 is 1.31 bits per heavy atom. The first-order chi connectivity index (χ1) is 6.24. The lowest BCUT2D eigenvalue weighted by Gasteiger charge is -2.33. The van der Waals surface area contributed by atoms with E-state index in [1.54, 1.807) is 0 Å². The van der Waals surface area contributed by atoms with E-state index in [9.17, 15) is 4.79 Å². The van der Waals surface area contributed by atoms with E-state index in [1.165, 1.54) is 19.3 Å². The Hall–Kier alpha value is -0.610. The summed E-state index contributed by atoms with van der Waals surface area (Å²) < 4.78 is 0. The topological polar surface area (TPSA) is 72.3 Å². The monoisotopic (exact) mass is 185 g/mol. The molecule has 0 spiro atoms. The van der Waals surface area contributed by atoms with Gasteiger partial charge in [-0.25, -0.2) is 0 Å². The molecule has 13 heavy (non-hydrogen) atoms. The molecule has 0 aliphatic carbocycles. The molecule has 1 amide bonds. The van der Waals surface area contributed by atoms with Crippen LogP contribution in [0.2, 0.25) is 0 Å². The van der Waals surface area contributed by atoms with Gasteiger partial charge in [-0.3, -0.25) is 9.69 Å². The zero-order valence-corrected chi connectivity index (χ0v) is 8.04. The van der Waals surface area contributed by atoms with Gasteiger partial charge in [0.2, 0.25) is 5.91 Å². The standard InChI is InChI=1S/C9H19N3O/c10-7-8(6-9(11)13)12-4-2-1-3-5-12/h8H,1-7,10H2,(H2,11,13). The van der Waals surface area contributed by atoms with E-state index in [0.29, 0.717) is 13.0 Å². The van der Waals surface area contributed by atoms with Crippen molar-refractivity contribution in [2.75, 3.05) is 19.6 Å². The van der Waals surface area contributed by atoms with Crippen molar-refractivity contribution < 1.29 is 4.79 Å². The first-order valence-electron chi connectivity index (χ1n) is 4.96. The fraction of sp³-hybridized carbons (Fsp3) is 0.889. The predicted octanol–water partition coefficient (Wildman–Crippen LogP) is -0.325. The number of nitrogens with zero attached hydrogens (tertiary/aromatic N) is 1. The van der Waals surface area contributed by atoms with Gasteiger partial charge >= 0.3 is 0 Å². The van der Waals surface area contributed by atoms with E-state index in [1.807, 2.05) is 0 Å². The molecule has 4 heteroatoms. The number of primary amides is 1. The maximum atomic E-state index is 10.8. The molecule has 1 atom stereocenters. The van der Waals surface area contributed by atoms with Crippen LogP contribution in [0, 0.1) is 0 Å². The number of piperidine rings is 1. The molecule has 0 aromatic rings. The van der Waals surface area contributed by atoms with Gasteiger partial charge in [0.05, 0.1) is 0 Å². The Labute approximate surface area is 79.3 Å². The molecule has 1 fully saturated rings.